The number of carbonyl (C=O) groups excluding carboxylic acids is 1. The number of hydrogen-bond donors (Lipinski definition) is 1. The van der Waals surface area contributed by atoms with Crippen molar-refractivity contribution >= 4 is 11.7 Å². The highest BCUT2D eigenvalue weighted by Gasteiger charge is 2.26. The highest BCUT2D eigenvalue weighted by Crippen LogP contribution is 2.20. The molecule has 0 radical (unpaired) electrons. The van der Waals surface area contributed by atoms with Crippen molar-refractivity contribution in [2.45, 2.75) is 33.4 Å². The van der Waals surface area contributed by atoms with E-state index in [1.807, 2.05) is 37.1 Å². The maximum Gasteiger partial charge on any atom is 0.227 e. The Bertz CT molecular complexity index is 669. The van der Waals surface area contributed by atoms with Crippen LogP contribution in [0, 0.1) is 5.92 Å². The standard InChI is InChI=1S/C16H22N6O/c1-3-17-15-9-13-11-21(8-5-14(13)19-20-15)16(23)12(2)10-22-7-4-6-18-22/h4,6-7,9,12H,3,5,8,10-11H2,1-2H3,(H,17,20)/t12-/m1/s1. The minimum absolute atomic E-state index is 0.0977. The van der Waals surface area contributed by atoms with Gasteiger partial charge in [0, 0.05) is 38.4 Å². The van der Waals surface area contributed by atoms with Crippen LogP contribution in [0.15, 0.2) is 24.5 Å². The van der Waals surface area contributed by atoms with Gasteiger partial charge in [-0.2, -0.15) is 10.2 Å². The maximum atomic E-state index is 12.7. The van der Waals surface area contributed by atoms with Gasteiger partial charge in [-0.05, 0) is 24.6 Å². The second-order valence-corrected chi connectivity index (χ2v) is 5.87. The van der Waals surface area contributed by atoms with E-state index in [9.17, 15) is 4.79 Å². The Balaban J connectivity index is 1.67. The van der Waals surface area contributed by atoms with Gasteiger partial charge < -0.3 is 10.2 Å². The second kappa shape index (κ2) is 6.76. The van der Waals surface area contributed by atoms with Crippen molar-refractivity contribution in [1.29, 1.82) is 0 Å². The first kappa shape index (κ1) is 15.5. The summed E-state index contributed by atoms with van der Waals surface area (Å²) in [7, 11) is 0. The number of fused-ring (bicyclic) bond motifs is 1. The Kier molecular flexibility index (Phi) is 4.55. The van der Waals surface area contributed by atoms with Crippen LogP contribution < -0.4 is 5.32 Å². The molecule has 1 N–H and O–H groups in total. The lowest BCUT2D eigenvalue weighted by Crippen LogP contribution is -2.40. The van der Waals surface area contributed by atoms with Crippen molar-refractivity contribution in [3.63, 3.8) is 0 Å². The lowest BCUT2D eigenvalue weighted by Gasteiger charge is -2.30. The molecule has 7 nitrogen and oxygen atoms in total. The molecule has 0 unspecified atom stereocenters. The van der Waals surface area contributed by atoms with E-state index >= 15 is 0 Å². The van der Waals surface area contributed by atoms with Gasteiger partial charge >= 0.3 is 0 Å². The predicted molar refractivity (Wildman–Crippen MR) is 86.7 cm³/mol. The first-order valence-corrected chi connectivity index (χ1v) is 8.03. The van der Waals surface area contributed by atoms with Crippen molar-refractivity contribution in [1.82, 2.24) is 24.9 Å². The Morgan fingerprint density at radius 2 is 2.30 bits per heavy atom. The van der Waals surface area contributed by atoms with Crippen molar-refractivity contribution in [3.05, 3.63) is 35.8 Å². The molecule has 1 amide bonds. The third-order valence-corrected chi connectivity index (χ3v) is 4.05. The summed E-state index contributed by atoms with van der Waals surface area (Å²) in [6, 6.07) is 3.87. The van der Waals surface area contributed by atoms with Gasteiger partial charge in [0.1, 0.15) is 5.82 Å². The molecule has 0 aromatic carbocycles. The molecule has 0 fully saturated rings. The number of nitrogens with one attached hydrogen (secondary N) is 1. The molecule has 122 valence electrons. The molecular weight excluding hydrogens is 292 g/mol. The fourth-order valence-electron chi connectivity index (χ4n) is 2.86. The van der Waals surface area contributed by atoms with Gasteiger partial charge in [0.05, 0.1) is 18.2 Å². The van der Waals surface area contributed by atoms with E-state index in [0.717, 1.165) is 30.0 Å². The van der Waals surface area contributed by atoms with E-state index < -0.39 is 0 Å². The Hall–Kier alpha value is -2.44. The average Bonchev–Trinajstić information content (AvgIpc) is 3.06. The summed E-state index contributed by atoms with van der Waals surface area (Å²) in [5.74, 6) is 0.831. The first-order valence-electron chi connectivity index (χ1n) is 8.03. The molecule has 2 aromatic heterocycles. The second-order valence-electron chi connectivity index (χ2n) is 5.87. The van der Waals surface area contributed by atoms with Gasteiger partial charge in [-0.25, -0.2) is 0 Å². The fraction of sp³-hybridized carbons (Fsp3) is 0.500. The number of nitrogens with zero attached hydrogens (tertiary/aromatic N) is 5. The van der Waals surface area contributed by atoms with Crippen LogP contribution in [0.4, 0.5) is 5.82 Å². The topological polar surface area (TPSA) is 75.9 Å². The lowest BCUT2D eigenvalue weighted by molar-refractivity contribution is -0.136. The number of amides is 1. The smallest absolute Gasteiger partial charge is 0.227 e. The van der Waals surface area contributed by atoms with Gasteiger partial charge in [-0.15, -0.1) is 5.10 Å². The van der Waals surface area contributed by atoms with E-state index in [-0.39, 0.29) is 11.8 Å². The maximum absolute atomic E-state index is 12.7. The summed E-state index contributed by atoms with van der Waals surface area (Å²) in [6.45, 7) is 6.68. The fourth-order valence-corrected chi connectivity index (χ4v) is 2.86. The van der Waals surface area contributed by atoms with Gasteiger partial charge in [-0.3, -0.25) is 9.48 Å². The quantitative estimate of drug-likeness (QED) is 0.901. The monoisotopic (exact) mass is 314 g/mol. The van der Waals surface area contributed by atoms with Crippen LogP contribution in [-0.2, 0) is 24.3 Å². The first-order chi connectivity index (χ1) is 11.2. The van der Waals surface area contributed by atoms with Crippen molar-refractivity contribution in [2.24, 2.45) is 5.92 Å². The van der Waals surface area contributed by atoms with Crippen LogP contribution in [0.1, 0.15) is 25.1 Å². The SMILES string of the molecule is CCNc1cc2c(nn1)CCN(C(=O)[C@H](C)Cn1cccn1)C2. The predicted octanol–water partition coefficient (Wildman–Crippen LogP) is 1.33. The minimum Gasteiger partial charge on any atom is -0.369 e. The van der Waals surface area contributed by atoms with Crippen LogP contribution in [-0.4, -0.2) is 43.9 Å². The van der Waals surface area contributed by atoms with Gasteiger partial charge in [0.2, 0.25) is 5.91 Å². The molecule has 1 aliphatic rings. The largest absolute Gasteiger partial charge is 0.369 e. The molecule has 3 heterocycles. The van der Waals surface area contributed by atoms with Gasteiger partial charge in [0.15, 0.2) is 0 Å². The molecule has 3 rings (SSSR count). The van der Waals surface area contributed by atoms with E-state index in [4.69, 9.17) is 0 Å². The van der Waals surface area contributed by atoms with Crippen LogP contribution in [0.3, 0.4) is 0 Å². The zero-order valence-electron chi connectivity index (χ0n) is 13.6. The summed E-state index contributed by atoms with van der Waals surface area (Å²) in [5.41, 5.74) is 2.08. The van der Waals surface area contributed by atoms with Crippen LogP contribution >= 0.6 is 0 Å². The number of anilines is 1. The third-order valence-electron chi connectivity index (χ3n) is 4.05. The molecule has 0 bridgehead atoms. The molecule has 23 heavy (non-hydrogen) atoms. The van der Waals surface area contributed by atoms with E-state index in [1.165, 1.54) is 0 Å². The molecule has 1 aliphatic heterocycles. The van der Waals surface area contributed by atoms with E-state index in [1.54, 1.807) is 10.9 Å². The van der Waals surface area contributed by atoms with Gasteiger partial charge in [0.25, 0.3) is 0 Å². The van der Waals surface area contributed by atoms with Crippen LogP contribution in [0.25, 0.3) is 0 Å². The van der Waals surface area contributed by atoms with Crippen LogP contribution in [0.5, 0.6) is 0 Å². The molecule has 0 saturated carbocycles. The summed E-state index contributed by atoms with van der Waals surface area (Å²) in [5, 5.41) is 15.8. The normalized spacial score (nSPS) is 15.1. The minimum atomic E-state index is -0.0977. The van der Waals surface area contributed by atoms with Gasteiger partial charge in [-0.1, -0.05) is 6.92 Å². The molecule has 0 aliphatic carbocycles. The zero-order chi connectivity index (χ0) is 16.2. The summed E-state index contributed by atoms with van der Waals surface area (Å²) in [6.07, 6.45) is 4.37. The summed E-state index contributed by atoms with van der Waals surface area (Å²) in [4.78, 5) is 14.6. The van der Waals surface area contributed by atoms with Crippen LogP contribution in [0.2, 0.25) is 0 Å². The number of carbonyl (C=O) groups is 1. The van der Waals surface area contributed by atoms with E-state index in [0.29, 0.717) is 19.6 Å². The van der Waals surface area contributed by atoms with Crippen molar-refractivity contribution < 1.29 is 4.79 Å². The third kappa shape index (κ3) is 3.49. The van der Waals surface area contributed by atoms with E-state index in [2.05, 4.69) is 20.6 Å². The number of rotatable bonds is 5. The van der Waals surface area contributed by atoms with Crippen molar-refractivity contribution in [2.75, 3.05) is 18.4 Å². The molecule has 1 atom stereocenters. The molecule has 0 saturated heterocycles. The lowest BCUT2D eigenvalue weighted by atomic mass is 10.0. The summed E-state index contributed by atoms with van der Waals surface area (Å²) >= 11 is 0. The highest BCUT2D eigenvalue weighted by molar-refractivity contribution is 5.78. The Morgan fingerprint density at radius 1 is 1.43 bits per heavy atom. The van der Waals surface area contributed by atoms with Crippen molar-refractivity contribution in [3.8, 4) is 0 Å². The average molecular weight is 314 g/mol. The zero-order valence-corrected chi connectivity index (χ0v) is 13.6. The Labute approximate surface area is 135 Å². The highest BCUT2D eigenvalue weighted by atomic mass is 16.2. The number of aromatic nitrogens is 4. The Morgan fingerprint density at radius 3 is 3.04 bits per heavy atom. The molecule has 0 spiro atoms. The molecule has 7 heteroatoms. The number of hydrogen-bond acceptors (Lipinski definition) is 5. The molecular formula is C16H22N6O. The summed E-state index contributed by atoms with van der Waals surface area (Å²) < 4.78 is 1.80. The molecule has 2 aromatic rings.